The Labute approximate surface area is 144 Å². The summed E-state index contributed by atoms with van der Waals surface area (Å²) in [5.74, 6) is 0.163. The predicted octanol–water partition coefficient (Wildman–Crippen LogP) is 2.11. The highest BCUT2D eigenvalue weighted by Crippen LogP contribution is 2.28. The van der Waals surface area contributed by atoms with E-state index in [4.69, 9.17) is 4.74 Å². The Bertz CT molecular complexity index is 744. The van der Waals surface area contributed by atoms with Gasteiger partial charge in [-0.25, -0.2) is 0 Å². The Morgan fingerprint density at radius 1 is 1.42 bits per heavy atom. The summed E-state index contributed by atoms with van der Waals surface area (Å²) in [6.45, 7) is 0.486. The molecule has 1 aromatic heterocycles. The molecule has 1 aliphatic heterocycles. The number of thiophene rings is 1. The van der Waals surface area contributed by atoms with Crippen LogP contribution in [0.4, 0.5) is 5.69 Å². The van der Waals surface area contributed by atoms with Crippen molar-refractivity contribution in [2.45, 2.75) is 6.04 Å². The van der Waals surface area contributed by atoms with Crippen molar-refractivity contribution >= 4 is 28.8 Å². The molecule has 1 atom stereocenters. The molecule has 126 valence electrons. The number of likely N-dealkylation sites (N-methyl/N-ethyl adjacent to an activating group) is 1. The van der Waals surface area contributed by atoms with E-state index in [2.05, 4.69) is 21.6 Å². The molecule has 0 radical (unpaired) electrons. The van der Waals surface area contributed by atoms with Gasteiger partial charge in [0.25, 0.3) is 11.8 Å². The van der Waals surface area contributed by atoms with Crippen LogP contribution in [0.2, 0.25) is 0 Å². The average molecular weight is 345 g/mol. The van der Waals surface area contributed by atoms with Gasteiger partial charge in [-0.2, -0.15) is 0 Å². The van der Waals surface area contributed by atoms with Crippen LogP contribution in [0.5, 0.6) is 5.75 Å². The van der Waals surface area contributed by atoms with Gasteiger partial charge in [0.05, 0.1) is 11.7 Å². The third-order valence-electron chi connectivity index (χ3n) is 3.83. The minimum Gasteiger partial charge on any atom is -0.482 e. The minimum absolute atomic E-state index is 0.0286. The van der Waals surface area contributed by atoms with Crippen LogP contribution in [0.3, 0.4) is 0 Å². The molecule has 3 rings (SSSR count). The molecule has 1 aliphatic rings. The fourth-order valence-corrected chi connectivity index (χ4v) is 3.45. The molecule has 0 aliphatic carbocycles. The van der Waals surface area contributed by atoms with Crippen LogP contribution in [0.15, 0.2) is 35.7 Å². The number of nitrogens with zero attached hydrogens (tertiary/aromatic N) is 1. The van der Waals surface area contributed by atoms with Crippen LogP contribution in [0.25, 0.3) is 0 Å². The molecular formula is C17H19N3O3S. The van der Waals surface area contributed by atoms with Gasteiger partial charge in [-0.05, 0) is 43.7 Å². The Morgan fingerprint density at radius 3 is 2.96 bits per heavy atom. The van der Waals surface area contributed by atoms with E-state index in [-0.39, 0.29) is 24.5 Å². The highest BCUT2D eigenvalue weighted by Gasteiger charge is 2.20. The van der Waals surface area contributed by atoms with Gasteiger partial charge in [0.1, 0.15) is 5.75 Å². The number of anilines is 1. The van der Waals surface area contributed by atoms with E-state index in [1.807, 2.05) is 25.5 Å². The Kier molecular flexibility index (Phi) is 4.82. The van der Waals surface area contributed by atoms with Crippen molar-refractivity contribution in [2.75, 3.05) is 32.6 Å². The van der Waals surface area contributed by atoms with Crippen molar-refractivity contribution in [2.24, 2.45) is 0 Å². The van der Waals surface area contributed by atoms with Crippen molar-refractivity contribution in [3.63, 3.8) is 0 Å². The van der Waals surface area contributed by atoms with Gasteiger partial charge in [0, 0.05) is 17.0 Å². The highest BCUT2D eigenvalue weighted by molar-refractivity contribution is 7.10. The molecule has 2 amide bonds. The predicted molar refractivity (Wildman–Crippen MR) is 93.6 cm³/mol. The average Bonchev–Trinajstić information content (AvgIpc) is 3.08. The Balaban J connectivity index is 1.68. The lowest BCUT2D eigenvalue weighted by Crippen LogP contribution is -2.34. The molecule has 0 saturated heterocycles. The molecule has 1 aromatic carbocycles. The molecular weight excluding hydrogens is 326 g/mol. The van der Waals surface area contributed by atoms with Crippen molar-refractivity contribution < 1.29 is 14.3 Å². The first kappa shape index (κ1) is 16.5. The van der Waals surface area contributed by atoms with Gasteiger partial charge in [0.2, 0.25) is 0 Å². The number of ether oxygens (including phenoxy) is 1. The summed E-state index contributed by atoms with van der Waals surface area (Å²) in [6, 6.07) is 9.22. The second-order valence-electron chi connectivity index (χ2n) is 5.75. The molecule has 2 aromatic rings. The van der Waals surface area contributed by atoms with Crippen LogP contribution < -0.4 is 15.4 Å². The molecule has 2 N–H and O–H groups in total. The van der Waals surface area contributed by atoms with Crippen molar-refractivity contribution in [1.29, 1.82) is 0 Å². The lowest BCUT2D eigenvalue weighted by atomic mass is 10.1. The number of benzene rings is 1. The maximum absolute atomic E-state index is 12.4. The summed E-state index contributed by atoms with van der Waals surface area (Å²) in [5.41, 5.74) is 1.10. The monoisotopic (exact) mass is 345 g/mol. The van der Waals surface area contributed by atoms with E-state index < -0.39 is 0 Å². The highest BCUT2D eigenvalue weighted by atomic mass is 32.1. The first-order valence-electron chi connectivity index (χ1n) is 7.59. The lowest BCUT2D eigenvalue weighted by Gasteiger charge is -2.24. The van der Waals surface area contributed by atoms with Gasteiger partial charge < -0.3 is 20.3 Å². The smallest absolute Gasteiger partial charge is 0.262 e. The normalized spacial score (nSPS) is 14.5. The van der Waals surface area contributed by atoms with Crippen LogP contribution in [-0.2, 0) is 4.79 Å². The molecule has 0 spiro atoms. The van der Waals surface area contributed by atoms with Gasteiger partial charge in [-0.15, -0.1) is 11.3 Å². The lowest BCUT2D eigenvalue weighted by molar-refractivity contribution is -0.118. The summed E-state index contributed by atoms with van der Waals surface area (Å²) < 4.78 is 5.35. The minimum atomic E-state index is -0.190. The van der Waals surface area contributed by atoms with E-state index in [1.165, 1.54) is 4.88 Å². The summed E-state index contributed by atoms with van der Waals surface area (Å²) in [7, 11) is 3.98. The SMILES string of the molecule is CN(C)C(CNC(=O)c1ccc2c(c1)OCC(=O)N2)c1cccs1. The standard InChI is InChI=1S/C17H19N3O3S/c1-20(2)13(15-4-3-7-24-15)9-18-17(22)11-5-6-12-14(8-11)23-10-16(21)19-12/h3-8,13H,9-10H2,1-2H3,(H,18,22)(H,19,21). The topological polar surface area (TPSA) is 70.7 Å². The number of carbonyl (C=O) groups excluding carboxylic acids is 2. The second-order valence-corrected chi connectivity index (χ2v) is 6.73. The maximum atomic E-state index is 12.4. The summed E-state index contributed by atoms with van der Waals surface area (Å²) in [5, 5.41) is 7.71. The molecule has 0 bridgehead atoms. The van der Waals surface area contributed by atoms with Gasteiger partial charge in [-0.1, -0.05) is 6.07 Å². The van der Waals surface area contributed by atoms with E-state index in [0.29, 0.717) is 23.5 Å². The number of hydrogen-bond acceptors (Lipinski definition) is 5. The maximum Gasteiger partial charge on any atom is 0.262 e. The molecule has 0 saturated carbocycles. The summed E-state index contributed by atoms with van der Waals surface area (Å²) in [4.78, 5) is 27.0. The zero-order chi connectivity index (χ0) is 17.1. The number of carbonyl (C=O) groups is 2. The number of nitrogens with one attached hydrogen (secondary N) is 2. The van der Waals surface area contributed by atoms with Crippen molar-refractivity contribution in [3.8, 4) is 5.75 Å². The van der Waals surface area contributed by atoms with E-state index in [0.717, 1.165) is 0 Å². The second kappa shape index (κ2) is 7.02. The first-order valence-corrected chi connectivity index (χ1v) is 8.47. The molecule has 2 heterocycles. The fraction of sp³-hybridized carbons (Fsp3) is 0.294. The van der Waals surface area contributed by atoms with Crippen LogP contribution in [0, 0.1) is 0 Å². The Morgan fingerprint density at radius 2 is 2.25 bits per heavy atom. The third-order valence-corrected chi connectivity index (χ3v) is 4.80. The van der Waals surface area contributed by atoms with Gasteiger partial charge in [0.15, 0.2) is 6.61 Å². The largest absolute Gasteiger partial charge is 0.482 e. The zero-order valence-corrected chi connectivity index (χ0v) is 14.4. The Hall–Kier alpha value is -2.38. The quantitative estimate of drug-likeness (QED) is 0.871. The summed E-state index contributed by atoms with van der Waals surface area (Å²) >= 11 is 1.67. The fourth-order valence-electron chi connectivity index (χ4n) is 2.53. The first-order chi connectivity index (χ1) is 11.5. The molecule has 0 fully saturated rings. The number of fused-ring (bicyclic) bond motifs is 1. The molecule has 6 nitrogen and oxygen atoms in total. The molecule has 24 heavy (non-hydrogen) atoms. The van der Waals surface area contributed by atoms with E-state index in [1.54, 1.807) is 29.5 Å². The number of amides is 2. The number of hydrogen-bond donors (Lipinski definition) is 2. The van der Waals surface area contributed by atoms with Gasteiger partial charge >= 0.3 is 0 Å². The van der Waals surface area contributed by atoms with Crippen molar-refractivity contribution in [3.05, 3.63) is 46.2 Å². The summed E-state index contributed by atoms with van der Waals surface area (Å²) in [6.07, 6.45) is 0. The number of rotatable bonds is 5. The van der Waals surface area contributed by atoms with Crippen LogP contribution >= 0.6 is 11.3 Å². The van der Waals surface area contributed by atoms with E-state index in [9.17, 15) is 9.59 Å². The van der Waals surface area contributed by atoms with Gasteiger partial charge in [-0.3, -0.25) is 9.59 Å². The zero-order valence-electron chi connectivity index (χ0n) is 13.5. The molecule has 1 unspecified atom stereocenters. The molecule has 7 heteroatoms. The van der Waals surface area contributed by atoms with Crippen molar-refractivity contribution in [1.82, 2.24) is 10.2 Å². The van der Waals surface area contributed by atoms with Crippen LogP contribution in [0.1, 0.15) is 21.3 Å². The third kappa shape index (κ3) is 3.58. The van der Waals surface area contributed by atoms with Crippen LogP contribution in [-0.4, -0.2) is 44.0 Å². The van der Waals surface area contributed by atoms with E-state index >= 15 is 0 Å².